The lowest BCUT2D eigenvalue weighted by atomic mass is 9.96. The second-order valence-corrected chi connectivity index (χ2v) is 13.8. The van der Waals surface area contributed by atoms with E-state index in [0.29, 0.717) is 16.9 Å². The van der Waals surface area contributed by atoms with Gasteiger partial charge in [-0.15, -0.1) is 0 Å². The number of hydrogen-bond acceptors (Lipinski definition) is 12. The Bertz CT molecular complexity index is 1660. The van der Waals surface area contributed by atoms with Crippen LogP contribution in [0.5, 0.6) is 5.75 Å². The number of hydrogen-bond donors (Lipinski definition) is 3. The second kappa shape index (κ2) is 14.4. The topological polar surface area (TPSA) is 197 Å². The molecule has 1 saturated heterocycles. The van der Waals surface area contributed by atoms with Crippen LogP contribution in [0.3, 0.4) is 0 Å². The van der Waals surface area contributed by atoms with Crippen molar-refractivity contribution in [3.63, 3.8) is 0 Å². The first-order valence-electron chi connectivity index (χ1n) is 15.6. The maximum Gasteiger partial charge on any atom is 0.459 e. The minimum absolute atomic E-state index is 0.153. The fourth-order valence-corrected chi connectivity index (χ4v) is 7.09. The Kier molecular flexibility index (Phi) is 10.5. The number of nitrogens with zero attached hydrogens (tertiary/aromatic N) is 3. The molecule has 0 spiro atoms. The Morgan fingerprint density at radius 3 is 2.53 bits per heavy atom. The van der Waals surface area contributed by atoms with Crippen LogP contribution in [0.15, 0.2) is 54.7 Å². The van der Waals surface area contributed by atoms with E-state index in [1.807, 2.05) is 6.07 Å². The largest absolute Gasteiger partial charge is 0.461 e. The van der Waals surface area contributed by atoms with Crippen molar-refractivity contribution in [2.75, 3.05) is 12.3 Å². The molecule has 0 bridgehead atoms. The molecule has 252 valence electrons. The quantitative estimate of drug-likeness (QED) is 0.183. The third-order valence-electron chi connectivity index (χ3n) is 8.20. The van der Waals surface area contributed by atoms with Gasteiger partial charge in [0.05, 0.1) is 22.8 Å². The SMILES string of the molecule is CC(C)C(=O)O[C@H]1[C@H](c2ccc3c(N)ccnn23)O[C@](C#N)(CO[P@@](=O)(N[C@@H](C)C(=O)OC2CCCCC2)Oc2ccccc2)[C@H]1O. The highest BCUT2D eigenvalue weighted by Crippen LogP contribution is 2.49. The average Bonchev–Trinajstić information content (AvgIpc) is 3.61. The highest BCUT2D eigenvalue weighted by molar-refractivity contribution is 7.52. The van der Waals surface area contributed by atoms with E-state index < -0.39 is 62.2 Å². The number of nitriles is 1. The van der Waals surface area contributed by atoms with Crippen LogP contribution in [0, 0.1) is 17.2 Å². The third-order valence-corrected chi connectivity index (χ3v) is 9.83. The molecule has 14 nitrogen and oxygen atoms in total. The number of fused-ring (bicyclic) bond motifs is 1. The van der Waals surface area contributed by atoms with Crippen molar-refractivity contribution in [1.82, 2.24) is 14.7 Å². The predicted molar refractivity (Wildman–Crippen MR) is 169 cm³/mol. The molecule has 6 atom stereocenters. The van der Waals surface area contributed by atoms with Crippen molar-refractivity contribution in [2.24, 2.45) is 5.92 Å². The van der Waals surface area contributed by atoms with Crippen LogP contribution in [-0.2, 0) is 32.9 Å². The molecule has 0 unspecified atom stereocenters. The van der Waals surface area contributed by atoms with Gasteiger partial charge in [0, 0.05) is 6.20 Å². The number of aromatic nitrogens is 2. The lowest BCUT2D eigenvalue weighted by molar-refractivity contribution is -0.159. The van der Waals surface area contributed by atoms with Gasteiger partial charge < -0.3 is 29.6 Å². The molecule has 1 aliphatic heterocycles. The molecule has 0 radical (unpaired) electrons. The predicted octanol–water partition coefficient (Wildman–Crippen LogP) is 4.24. The highest BCUT2D eigenvalue weighted by atomic mass is 31.2. The number of carbonyl (C=O) groups is 2. The smallest absolute Gasteiger partial charge is 0.459 e. The Morgan fingerprint density at radius 1 is 1.13 bits per heavy atom. The molecular formula is C32H40N5O9P. The monoisotopic (exact) mass is 669 g/mol. The van der Waals surface area contributed by atoms with Gasteiger partial charge in [-0.2, -0.15) is 15.4 Å². The number of nitrogen functional groups attached to an aromatic ring is 1. The fraction of sp³-hybridized carbons (Fsp3) is 0.500. The molecule has 2 fully saturated rings. The van der Waals surface area contributed by atoms with E-state index in [1.165, 1.54) is 29.8 Å². The molecule has 1 aromatic carbocycles. The summed E-state index contributed by atoms with van der Waals surface area (Å²) >= 11 is 0. The van der Waals surface area contributed by atoms with Crippen molar-refractivity contribution in [1.29, 1.82) is 5.26 Å². The average molecular weight is 670 g/mol. The Labute approximate surface area is 272 Å². The maximum absolute atomic E-state index is 14.3. The first kappa shape index (κ1) is 34.3. The van der Waals surface area contributed by atoms with E-state index in [1.54, 1.807) is 50.2 Å². The lowest BCUT2D eigenvalue weighted by Gasteiger charge is -2.29. The first-order valence-corrected chi connectivity index (χ1v) is 17.2. The fourth-order valence-electron chi connectivity index (χ4n) is 5.57. The van der Waals surface area contributed by atoms with Gasteiger partial charge in [-0.3, -0.25) is 14.1 Å². The molecule has 1 aliphatic carbocycles. The number of carbonyl (C=O) groups excluding carboxylic acids is 2. The van der Waals surface area contributed by atoms with Gasteiger partial charge in [-0.1, -0.05) is 38.5 Å². The van der Waals surface area contributed by atoms with Crippen molar-refractivity contribution < 1.29 is 42.5 Å². The molecule has 15 heteroatoms. The molecule has 0 amide bonds. The summed E-state index contributed by atoms with van der Waals surface area (Å²) in [5.41, 5.74) is 5.18. The molecule has 2 aromatic heterocycles. The summed E-state index contributed by atoms with van der Waals surface area (Å²) in [7, 11) is -4.46. The van der Waals surface area contributed by atoms with E-state index in [-0.39, 0.29) is 11.9 Å². The number of anilines is 1. The number of aliphatic hydroxyl groups is 1. The van der Waals surface area contributed by atoms with Crippen LogP contribution in [-0.4, -0.2) is 63.2 Å². The number of para-hydroxylation sites is 1. The summed E-state index contributed by atoms with van der Waals surface area (Å²) in [4.78, 5) is 25.7. The van der Waals surface area contributed by atoms with Gasteiger partial charge >= 0.3 is 19.7 Å². The molecule has 47 heavy (non-hydrogen) atoms. The number of nitrogens with two attached hydrogens (primary N) is 1. The number of ether oxygens (including phenoxy) is 3. The molecule has 3 heterocycles. The first-order chi connectivity index (χ1) is 22.4. The normalized spacial score (nSPS) is 25.1. The third kappa shape index (κ3) is 7.61. The zero-order chi connectivity index (χ0) is 33.8. The summed E-state index contributed by atoms with van der Waals surface area (Å²) in [6, 6.07) is 13.8. The Morgan fingerprint density at radius 2 is 1.85 bits per heavy atom. The Balaban J connectivity index is 1.42. The van der Waals surface area contributed by atoms with Crippen LogP contribution in [0.25, 0.3) is 5.52 Å². The maximum atomic E-state index is 14.3. The van der Waals surface area contributed by atoms with Crippen molar-refractivity contribution in [3.05, 3.63) is 60.4 Å². The standard InChI is InChI=1S/C32H40N5O9P/c1-20(2)30(39)44-28-27(26-15-14-25-24(34)16-17-35-37(25)26)45-32(18-33,29(28)38)19-42-47(41,46-23-12-8-5-9-13-23)36-21(3)31(40)43-22-10-6-4-7-11-22/h5,8-9,12-17,20-22,27-29,38H,4,6-7,10-11,19,34H2,1-3H3,(H,36,41)/t21-,27-,28-,29-,32+,47-/m0/s1. The number of benzene rings is 1. The molecule has 3 aromatic rings. The molecule has 2 aliphatic rings. The summed E-state index contributed by atoms with van der Waals surface area (Å²) in [5, 5.41) is 29.0. The van der Waals surface area contributed by atoms with E-state index >= 15 is 0 Å². The molecule has 1 saturated carbocycles. The van der Waals surface area contributed by atoms with Gasteiger partial charge in [-0.25, -0.2) is 9.08 Å². The number of aliphatic hydroxyl groups excluding tert-OH is 1. The second-order valence-electron chi connectivity index (χ2n) is 12.1. The highest BCUT2D eigenvalue weighted by Gasteiger charge is 2.59. The van der Waals surface area contributed by atoms with Crippen molar-refractivity contribution >= 4 is 30.9 Å². The molecule has 4 N–H and O–H groups in total. The van der Waals surface area contributed by atoms with Crippen LogP contribution >= 0.6 is 7.75 Å². The van der Waals surface area contributed by atoms with Gasteiger partial charge in [0.15, 0.2) is 6.10 Å². The van der Waals surface area contributed by atoms with E-state index in [0.717, 1.165) is 32.1 Å². The zero-order valence-corrected chi connectivity index (χ0v) is 27.4. The van der Waals surface area contributed by atoms with Gasteiger partial charge in [0.25, 0.3) is 0 Å². The summed E-state index contributed by atoms with van der Waals surface area (Å²) < 4.78 is 44.8. The number of nitrogens with one attached hydrogen (secondary N) is 1. The molecular weight excluding hydrogens is 629 g/mol. The molecule has 5 rings (SSSR count). The number of rotatable bonds is 12. The minimum Gasteiger partial charge on any atom is -0.461 e. The van der Waals surface area contributed by atoms with Crippen LogP contribution in [0.1, 0.15) is 64.7 Å². The van der Waals surface area contributed by atoms with E-state index in [4.69, 9.17) is 29.0 Å². The summed E-state index contributed by atoms with van der Waals surface area (Å²) in [6.45, 7) is 3.90. The zero-order valence-electron chi connectivity index (χ0n) is 26.5. The van der Waals surface area contributed by atoms with Crippen molar-refractivity contribution in [3.8, 4) is 11.8 Å². The van der Waals surface area contributed by atoms with Crippen LogP contribution in [0.4, 0.5) is 5.69 Å². The number of esters is 2. The van der Waals surface area contributed by atoms with Gasteiger partial charge in [0.1, 0.15) is 42.8 Å². The van der Waals surface area contributed by atoms with E-state index in [2.05, 4.69) is 10.2 Å². The summed E-state index contributed by atoms with van der Waals surface area (Å²) in [5.74, 6) is -1.69. The van der Waals surface area contributed by atoms with Crippen LogP contribution in [0.2, 0.25) is 0 Å². The summed E-state index contributed by atoms with van der Waals surface area (Å²) in [6.07, 6.45) is 1.33. The van der Waals surface area contributed by atoms with Crippen molar-refractivity contribution in [2.45, 2.75) is 88.9 Å². The van der Waals surface area contributed by atoms with Gasteiger partial charge in [-0.05, 0) is 62.9 Å². The minimum atomic E-state index is -4.46. The van der Waals surface area contributed by atoms with Gasteiger partial charge in [0.2, 0.25) is 5.60 Å². The van der Waals surface area contributed by atoms with E-state index in [9.17, 15) is 24.5 Å². The van der Waals surface area contributed by atoms with Crippen LogP contribution < -0.4 is 15.3 Å². The Hall–Kier alpha value is -3.99. The lowest BCUT2D eigenvalue weighted by Crippen LogP contribution is -2.47.